The minimum atomic E-state index is -0.779. The Hall–Kier alpha value is -1.36. The monoisotopic (exact) mass is 319 g/mol. The Morgan fingerprint density at radius 2 is 1.83 bits per heavy atom. The van der Waals surface area contributed by atoms with Gasteiger partial charge in [-0.3, -0.25) is 9.59 Å². The number of rotatable bonds is 3. The molecule has 0 radical (unpaired) electrons. The van der Waals surface area contributed by atoms with Crippen molar-refractivity contribution in [3.63, 3.8) is 0 Å². The van der Waals surface area contributed by atoms with Gasteiger partial charge in [-0.05, 0) is 68.9 Å². The van der Waals surface area contributed by atoms with Crippen LogP contribution in [0.15, 0.2) is 12.2 Å². The minimum absolute atomic E-state index is 0.184. The van der Waals surface area contributed by atoms with Crippen LogP contribution in [0.4, 0.5) is 0 Å². The van der Waals surface area contributed by atoms with Crippen LogP contribution in [0.2, 0.25) is 0 Å². The zero-order valence-electron chi connectivity index (χ0n) is 13.4. The fourth-order valence-electron chi connectivity index (χ4n) is 5.77. The summed E-state index contributed by atoms with van der Waals surface area (Å²) in [6.07, 6.45) is 8.16. The molecule has 126 valence electrons. The molecule has 2 bridgehead atoms. The van der Waals surface area contributed by atoms with Crippen molar-refractivity contribution >= 4 is 11.9 Å². The van der Waals surface area contributed by atoms with Gasteiger partial charge < -0.3 is 15.1 Å². The van der Waals surface area contributed by atoms with Crippen molar-refractivity contribution in [2.75, 3.05) is 19.6 Å². The lowest BCUT2D eigenvalue weighted by Crippen LogP contribution is -2.56. The van der Waals surface area contributed by atoms with Crippen molar-refractivity contribution in [2.24, 2.45) is 35.0 Å². The van der Waals surface area contributed by atoms with Gasteiger partial charge in [0.1, 0.15) is 0 Å². The van der Waals surface area contributed by atoms with Crippen molar-refractivity contribution in [1.29, 1.82) is 0 Å². The number of aliphatic carboxylic acids is 2. The molecule has 0 aromatic rings. The van der Waals surface area contributed by atoms with Crippen LogP contribution in [0.3, 0.4) is 0 Å². The zero-order valence-corrected chi connectivity index (χ0v) is 13.4. The molecule has 3 aliphatic heterocycles. The Bertz CT molecular complexity index is 551. The number of hydrogen-bond acceptors (Lipinski definition) is 3. The van der Waals surface area contributed by atoms with E-state index in [1.54, 1.807) is 0 Å². The van der Waals surface area contributed by atoms with Gasteiger partial charge in [-0.15, -0.1) is 0 Å². The summed E-state index contributed by atoms with van der Waals surface area (Å²) in [5.74, 6) is -0.568. The van der Waals surface area contributed by atoms with E-state index in [1.807, 2.05) is 12.2 Å². The average molecular weight is 319 g/mol. The number of hydrogen-bond donors (Lipinski definition) is 2. The van der Waals surface area contributed by atoms with E-state index in [2.05, 4.69) is 4.90 Å². The highest BCUT2D eigenvalue weighted by Gasteiger charge is 2.55. The quantitative estimate of drug-likeness (QED) is 0.779. The van der Waals surface area contributed by atoms with Gasteiger partial charge in [-0.25, -0.2) is 0 Å². The van der Waals surface area contributed by atoms with E-state index < -0.39 is 17.4 Å². The van der Waals surface area contributed by atoms with Crippen LogP contribution in [-0.2, 0) is 9.59 Å². The molecule has 3 heterocycles. The number of carboxylic acids is 2. The number of allylic oxidation sites excluding steroid dienone is 1. The highest BCUT2D eigenvalue weighted by atomic mass is 16.4. The van der Waals surface area contributed by atoms with Crippen LogP contribution in [0.5, 0.6) is 0 Å². The molecule has 5 rings (SSSR count). The Labute approximate surface area is 136 Å². The third-order valence-electron chi connectivity index (χ3n) is 7.06. The Morgan fingerprint density at radius 1 is 1.09 bits per heavy atom. The van der Waals surface area contributed by atoms with E-state index in [0.717, 1.165) is 32.5 Å². The van der Waals surface area contributed by atoms with E-state index in [4.69, 9.17) is 0 Å². The molecule has 0 amide bonds. The predicted molar refractivity (Wildman–Crippen MR) is 83.8 cm³/mol. The number of nitrogens with zero attached hydrogens (tertiary/aromatic N) is 1. The summed E-state index contributed by atoms with van der Waals surface area (Å²) in [6, 6.07) is 0. The second-order valence-corrected chi connectivity index (χ2v) is 8.08. The van der Waals surface area contributed by atoms with Crippen LogP contribution in [0.1, 0.15) is 32.1 Å². The van der Waals surface area contributed by atoms with Gasteiger partial charge in [0.2, 0.25) is 0 Å². The second-order valence-electron chi connectivity index (χ2n) is 8.08. The first-order valence-electron chi connectivity index (χ1n) is 8.87. The van der Waals surface area contributed by atoms with Gasteiger partial charge >= 0.3 is 11.9 Å². The molecular formula is C18H25NO4. The standard InChI is InChI=1S/C18H25NO4/c20-16(21)13-7-12-1-4-18(17(22)23,9-14(12)8-13)15-10-19-5-2-11(15)3-6-19/h1,4,11-15H,2-3,5-10H2,(H,20,21)(H,22,23). The maximum absolute atomic E-state index is 12.3. The van der Waals surface area contributed by atoms with Crippen molar-refractivity contribution in [3.05, 3.63) is 12.2 Å². The summed E-state index contributed by atoms with van der Waals surface area (Å²) in [5, 5.41) is 19.4. The van der Waals surface area contributed by atoms with E-state index in [1.165, 1.54) is 0 Å². The van der Waals surface area contributed by atoms with E-state index in [9.17, 15) is 19.8 Å². The first-order chi connectivity index (χ1) is 11.0. The third-order valence-corrected chi connectivity index (χ3v) is 7.06. The molecular weight excluding hydrogens is 294 g/mol. The van der Waals surface area contributed by atoms with Gasteiger partial charge in [-0.2, -0.15) is 0 Å². The summed E-state index contributed by atoms with van der Waals surface area (Å²) in [7, 11) is 0. The van der Waals surface area contributed by atoms with E-state index in [-0.39, 0.29) is 23.7 Å². The molecule has 5 nitrogen and oxygen atoms in total. The lowest BCUT2D eigenvalue weighted by Gasteiger charge is -2.52. The number of fused-ring (bicyclic) bond motifs is 4. The lowest BCUT2D eigenvalue weighted by molar-refractivity contribution is -0.156. The minimum Gasteiger partial charge on any atom is -0.481 e. The summed E-state index contributed by atoms with van der Waals surface area (Å²) >= 11 is 0. The number of carbonyl (C=O) groups is 2. The molecule has 0 spiro atoms. The summed E-state index contributed by atoms with van der Waals surface area (Å²) in [6.45, 7) is 3.10. The van der Waals surface area contributed by atoms with Crippen LogP contribution >= 0.6 is 0 Å². The SMILES string of the molecule is O=C(O)C1CC2C=CC(C(=O)O)(C3CN4CCC3CC4)CC2C1. The predicted octanol–water partition coefficient (Wildman–Crippen LogP) is 2.09. The normalized spacial score (nSPS) is 48.2. The molecule has 0 aromatic carbocycles. The molecule has 5 atom stereocenters. The van der Waals surface area contributed by atoms with Crippen LogP contribution < -0.4 is 0 Å². The zero-order chi connectivity index (χ0) is 16.2. The highest BCUT2D eigenvalue weighted by molar-refractivity contribution is 5.78. The topological polar surface area (TPSA) is 77.8 Å². The van der Waals surface area contributed by atoms with E-state index >= 15 is 0 Å². The Kier molecular flexibility index (Phi) is 3.52. The lowest BCUT2D eigenvalue weighted by atomic mass is 9.58. The summed E-state index contributed by atoms with van der Waals surface area (Å²) < 4.78 is 0. The van der Waals surface area contributed by atoms with Crippen LogP contribution in [0.25, 0.3) is 0 Å². The Balaban J connectivity index is 1.61. The number of piperidine rings is 3. The van der Waals surface area contributed by atoms with Crippen molar-refractivity contribution < 1.29 is 19.8 Å². The summed E-state index contributed by atoms with van der Waals surface area (Å²) in [4.78, 5) is 26.0. The molecule has 5 heteroatoms. The van der Waals surface area contributed by atoms with E-state index in [0.29, 0.717) is 25.2 Å². The molecule has 23 heavy (non-hydrogen) atoms. The van der Waals surface area contributed by atoms with Crippen LogP contribution in [-0.4, -0.2) is 46.7 Å². The Morgan fingerprint density at radius 3 is 2.39 bits per heavy atom. The molecule has 5 unspecified atom stereocenters. The molecule has 0 aromatic heterocycles. The van der Waals surface area contributed by atoms with Gasteiger partial charge in [0.25, 0.3) is 0 Å². The van der Waals surface area contributed by atoms with Gasteiger partial charge in [0, 0.05) is 6.54 Å². The highest BCUT2D eigenvalue weighted by Crippen LogP contribution is 2.54. The van der Waals surface area contributed by atoms with Gasteiger partial charge in [0.15, 0.2) is 0 Å². The average Bonchev–Trinajstić information content (AvgIpc) is 2.98. The van der Waals surface area contributed by atoms with Crippen molar-refractivity contribution in [2.45, 2.75) is 32.1 Å². The maximum Gasteiger partial charge on any atom is 0.313 e. The fourth-order valence-corrected chi connectivity index (χ4v) is 5.77. The van der Waals surface area contributed by atoms with Crippen molar-refractivity contribution in [1.82, 2.24) is 4.90 Å². The number of carboxylic acid groups (broad SMARTS) is 2. The first kappa shape index (κ1) is 15.2. The van der Waals surface area contributed by atoms with Gasteiger partial charge in [0.05, 0.1) is 11.3 Å². The maximum atomic E-state index is 12.3. The first-order valence-corrected chi connectivity index (χ1v) is 8.87. The molecule has 5 aliphatic rings. The third kappa shape index (κ3) is 2.32. The summed E-state index contributed by atoms with van der Waals surface area (Å²) in [5.41, 5.74) is -0.779. The van der Waals surface area contributed by atoms with Crippen molar-refractivity contribution in [3.8, 4) is 0 Å². The fraction of sp³-hybridized carbons (Fsp3) is 0.778. The smallest absolute Gasteiger partial charge is 0.313 e. The van der Waals surface area contributed by atoms with Crippen LogP contribution in [0, 0.1) is 35.0 Å². The largest absolute Gasteiger partial charge is 0.481 e. The molecule has 2 aliphatic carbocycles. The molecule has 2 N–H and O–H groups in total. The molecule has 3 saturated heterocycles. The molecule has 1 saturated carbocycles. The van der Waals surface area contributed by atoms with Gasteiger partial charge in [-0.1, -0.05) is 12.2 Å². The second kappa shape index (κ2) is 5.33. The molecule has 4 fully saturated rings.